The number of aliphatic hydroxyl groups excluding tert-OH is 1. The van der Waals surface area contributed by atoms with Crippen LogP contribution in [0.4, 0.5) is 5.69 Å². The number of fused-ring (bicyclic) bond motifs is 1. The SMILES string of the molecule is CCC(CC)N(CCO)C(=O)C1CNc2ccccc2C1. The van der Waals surface area contributed by atoms with Crippen LogP contribution in [0.5, 0.6) is 0 Å². The lowest BCUT2D eigenvalue weighted by atomic mass is 9.92. The number of hydrogen-bond donors (Lipinski definition) is 2. The van der Waals surface area contributed by atoms with Crippen LogP contribution < -0.4 is 5.32 Å². The molecule has 0 bridgehead atoms. The maximum absolute atomic E-state index is 12.8. The second-order valence-electron chi connectivity index (χ2n) is 5.66. The van der Waals surface area contributed by atoms with Crippen molar-refractivity contribution in [3.8, 4) is 0 Å². The van der Waals surface area contributed by atoms with Crippen LogP contribution in [0.2, 0.25) is 0 Å². The van der Waals surface area contributed by atoms with Crippen LogP contribution in [0.25, 0.3) is 0 Å². The minimum Gasteiger partial charge on any atom is -0.395 e. The second-order valence-corrected chi connectivity index (χ2v) is 5.66. The first-order valence-corrected chi connectivity index (χ1v) is 7.94. The number of para-hydroxylation sites is 1. The van der Waals surface area contributed by atoms with Crippen molar-refractivity contribution in [1.29, 1.82) is 0 Å². The minimum absolute atomic E-state index is 0.0268. The van der Waals surface area contributed by atoms with Gasteiger partial charge >= 0.3 is 0 Å². The molecule has 1 aliphatic heterocycles. The fraction of sp³-hybridized carbons (Fsp3) is 0.588. The predicted octanol–water partition coefficient (Wildman–Crippen LogP) is 2.28. The Kier molecular flexibility index (Phi) is 5.62. The summed E-state index contributed by atoms with van der Waals surface area (Å²) in [4.78, 5) is 14.7. The third-order valence-electron chi connectivity index (χ3n) is 4.38. The summed E-state index contributed by atoms with van der Waals surface area (Å²) < 4.78 is 0. The summed E-state index contributed by atoms with van der Waals surface area (Å²) in [5.41, 5.74) is 2.34. The molecule has 0 radical (unpaired) electrons. The van der Waals surface area contributed by atoms with Crippen molar-refractivity contribution in [2.75, 3.05) is 25.0 Å². The van der Waals surface area contributed by atoms with Gasteiger partial charge in [0.25, 0.3) is 0 Å². The average molecular weight is 290 g/mol. The van der Waals surface area contributed by atoms with Crippen molar-refractivity contribution in [2.45, 2.75) is 39.2 Å². The van der Waals surface area contributed by atoms with E-state index in [1.165, 1.54) is 5.56 Å². The molecular weight excluding hydrogens is 264 g/mol. The highest BCUT2D eigenvalue weighted by molar-refractivity contribution is 5.81. The van der Waals surface area contributed by atoms with Crippen molar-refractivity contribution in [3.05, 3.63) is 29.8 Å². The van der Waals surface area contributed by atoms with Gasteiger partial charge in [0.1, 0.15) is 0 Å². The van der Waals surface area contributed by atoms with Gasteiger partial charge < -0.3 is 15.3 Å². The van der Waals surface area contributed by atoms with Crippen LogP contribution in [0.3, 0.4) is 0 Å². The van der Waals surface area contributed by atoms with Gasteiger partial charge in [0, 0.05) is 24.8 Å². The summed E-state index contributed by atoms with van der Waals surface area (Å²) in [7, 11) is 0. The fourth-order valence-corrected chi connectivity index (χ4v) is 3.16. The monoisotopic (exact) mass is 290 g/mol. The normalized spacial score (nSPS) is 17.2. The van der Waals surface area contributed by atoms with E-state index < -0.39 is 0 Å². The number of hydrogen-bond acceptors (Lipinski definition) is 3. The highest BCUT2D eigenvalue weighted by Gasteiger charge is 2.30. The molecule has 0 aliphatic carbocycles. The number of rotatable bonds is 6. The van der Waals surface area contributed by atoms with Gasteiger partial charge in [-0.15, -0.1) is 0 Å². The average Bonchev–Trinajstić information content (AvgIpc) is 2.54. The Labute approximate surface area is 127 Å². The van der Waals surface area contributed by atoms with E-state index in [4.69, 9.17) is 0 Å². The zero-order valence-corrected chi connectivity index (χ0v) is 13.0. The smallest absolute Gasteiger partial charge is 0.228 e. The molecule has 1 atom stereocenters. The molecule has 116 valence electrons. The van der Waals surface area contributed by atoms with E-state index in [0.717, 1.165) is 24.9 Å². The molecular formula is C17H26N2O2. The molecule has 1 heterocycles. The maximum atomic E-state index is 12.8. The van der Waals surface area contributed by atoms with E-state index in [1.54, 1.807) is 0 Å². The van der Waals surface area contributed by atoms with Gasteiger partial charge in [-0.2, -0.15) is 0 Å². The number of carbonyl (C=O) groups is 1. The van der Waals surface area contributed by atoms with Gasteiger partial charge in [-0.25, -0.2) is 0 Å². The molecule has 1 amide bonds. The van der Waals surface area contributed by atoms with E-state index >= 15 is 0 Å². The number of nitrogens with zero attached hydrogens (tertiary/aromatic N) is 1. The third-order valence-corrected chi connectivity index (χ3v) is 4.38. The maximum Gasteiger partial charge on any atom is 0.228 e. The topological polar surface area (TPSA) is 52.6 Å². The molecule has 0 aromatic heterocycles. The third kappa shape index (κ3) is 3.56. The molecule has 0 saturated carbocycles. The lowest BCUT2D eigenvalue weighted by molar-refractivity contribution is -0.138. The van der Waals surface area contributed by atoms with Crippen LogP contribution in [-0.2, 0) is 11.2 Å². The molecule has 0 spiro atoms. The standard InChI is InChI=1S/C17H26N2O2/c1-3-15(4-2)19(9-10-20)17(21)14-11-13-7-5-6-8-16(13)18-12-14/h5-8,14-15,18,20H,3-4,9-12H2,1-2H3. The van der Waals surface area contributed by atoms with Crippen LogP contribution in [0.15, 0.2) is 24.3 Å². The van der Waals surface area contributed by atoms with Gasteiger partial charge in [0.05, 0.1) is 12.5 Å². The molecule has 1 unspecified atom stereocenters. The van der Waals surface area contributed by atoms with E-state index in [0.29, 0.717) is 13.1 Å². The lowest BCUT2D eigenvalue weighted by Gasteiger charge is -2.35. The van der Waals surface area contributed by atoms with E-state index in [-0.39, 0.29) is 24.5 Å². The Morgan fingerprint density at radius 2 is 2.10 bits per heavy atom. The van der Waals surface area contributed by atoms with Crippen molar-refractivity contribution < 1.29 is 9.90 Å². The Morgan fingerprint density at radius 1 is 1.38 bits per heavy atom. The summed E-state index contributed by atoms with van der Waals surface area (Å²) in [6.45, 7) is 5.33. The van der Waals surface area contributed by atoms with E-state index in [1.807, 2.05) is 17.0 Å². The van der Waals surface area contributed by atoms with Gasteiger partial charge in [-0.1, -0.05) is 32.0 Å². The molecule has 0 saturated heterocycles. The predicted molar refractivity (Wildman–Crippen MR) is 85.3 cm³/mol. The molecule has 21 heavy (non-hydrogen) atoms. The Hall–Kier alpha value is -1.55. The number of nitrogens with one attached hydrogen (secondary N) is 1. The van der Waals surface area contributed by atoms with Crippen molar-refractivity contribution in [2.24, 2.45) is 5.92 Å². The van der Waals surface area contributed by atoms with E-state index in [2.05, 4.69) is 31.3 Å². The fourth-order valence-electron chi connectivity index (χ4n) is 3.16. The Bertz CT molecular complexity index is 472. The summed E-state index contributed by atoms with van der Waals surface area (Å²) >= 11 is 0. The summed E-state index contributed by atoms with van der Waals surface area (Å²) in [6, 6.07) is 8.38. The van der Waals surface area contributed by atoms with Crippen molar-refractivity contribution >= 4 is 11.6 Å². The van der Waals surface area contributed by atoms with Gasteiger partial charge in [0.15, 0.2) is 0 Å². The molecule has 4 nitrogen and oxygen atoms in total. The van der Waals surface area contributed by atoms with Crippen LogP contribution in [0, 0.1) is 5.92 Å². The molecule has 2 rings (SSSR count). The largest absolute Gasteiger partial charge is 0.395 e. The first kappa shape index (κ1) is 15.8. The van der Waals surface area contributed by atoms with Gasteiger partial charge in [-0.05, 0) is 30.9 Å². The second kappa shape index (κ2) is 7.46. The number of amides is 1. The molecule has 0 fully saturated rings. The molecule has 2 N–H and O–H groups in total. The Morgan fingerprint density at radius 3 is 2.76 bits per heavy atom. The van der Waals surface area contributed by atoms with Crippen LogP contribution >= 0.6 is 0 Å². The number of carbonyl (C=O) groups excluding carboxylic acids is 1. The quantitative estimate of drug-likeness (QED) is 0.845. The summed E-state index contributed by atoms with van der Waals surface area (Å²) in [5, 5.41) is 12.6. The molecule has 1 aromatic carbocycles. The minimum atomic E-state index is -0.0351. The summed E-state index contributed by atoms with van der Waals surface area (Å²) in [6.07, 6.45) is 2.64. The van der Waals surface area contributed by atoms with Crippen LogP contribution in [-0.4, -0.2) is 41.7 Å². The molecule has 1 aromatic rings. The zero-order valence-electron chi connectivity index (χ0n) is 13.0. The first-order chi connectivity index (χ1) is 10.2. The lowest BCUT2D eigenvalue weighted by Crippen LogP contribution is -2.47. The van der Waals surface area contributed by atoms with E-state index in [9.17, 15) is 9.90 Å². The number of aliphatic hydroxyl groups is 1. The molecule has 4 heteroatoms. The van der Waals surface area contributed by atoms with Crippen LogP contribution in [0.1, 0.15) is 32.3 Å². The first-order valence-electron chi connectivity index (χ1n) is 7.94. The zero-order chi connectivity index (χ0) is 15.2. The highest BCUT2D eigenvalue weighted by Crippen LogP contribution is 2.26. The van der Waals surface area contributed by atoms with Crippen molar-refractivity contribution in [1.82, 2.24) is 4.90 Å². The summed E-state index contributed by atoms with van der Waals surface area (Å²) in [5.74, 6) is 0.131. The Balaban J connectivity index is 2.11. The van der Waals surface area contributed by atoms with Crippen molar-refractivity contribution in [3.63, 3.8) is 0 Å². The number of anilines is 1. The van der Waals surface area contributed by atoms with Gasteiger partial charge in [0.2, 0.25) is 5.91 Å². The van der Waals surface area contributed by atoms with Gasteiger partial charge in [-0.3, -0.25) is 4.79 Å². The molecule has 1 aliphatic rings. The number of benzene rings is 1. The highest BCUT2D eigenvalue weighted by atomic mass is 16.3.